The maximum atomic E-state index is 14.0. The third kappa shape index (κ3) is 3.60. The summed E-state index contributed by atoms with van der Waals surface area (Å²) in [4.78, 5) is 79.3. The average molecular weight is 546 g/mol. The first-order valence-electron chi connectivity index (χ1n) is 12.4. The molecule has 0 heterocycles. The molecule has 39 heavy (non-hydrogen) atoms. The number of carbonyl (C=O) groups is 5. The maximum absolute atomic E-state index is 14.0. The van der Waals surface area contributed by atoms with Crippen LogP contribution >= 0.6 is 0 Å². The number of nitrogens with zero attached hydrogens (tertiary/aromatic N) is 2. The number of nitrogens with two attached hydrogens (primary N) is 1. The van der Waals surface area contributed by atoms with Crippen LogP contribution in [0.2, 0.25) is 0 Å². The fourth-order valence-electron chi connectivity index (χ4n) is 6.84. The standard InChI is InChI=1S/C26H31N3O10/c1-8-11-10(29(38)39)7-9(25(2,3)4)18(30)13(11)19(31)14-12(8)20(32)16-17(28(5)6)21(33)15(24(27)36)23(35)26(16,37)22(14)34/h7-8,12,14-17,20,30,32,37H,1-6H3,(H2,27,36)/t8-,12+,14?,15?,16+,17?,20-,26-/m0/s1. The van der Waals surface area contributed by atoms with E-state index in [1.807, 2.05) is 0 Å². The van der Waals surface area contributed by atoms with Crippen molar-refractivity contribution in [1.29, 1.82) is 0 Å². The Morgan fingerprint density at radius 1 is 1.15 bits per heavy atom. The number of ketones is 4. The van der Waals surface area contributed by atoms with Gasteiger partial charge in [0.1, 0.15) is 5.75 Å². The minimum Gasteiger partial charge on any atom is -0.507 e. The van der Waals surface area contributed by atoms with E-state index in [-0.39, 0.29) is 11.1 Å². The number of likely N-dealkylation sites (N-methyl/N-ethyl adjacent to an activating group) is 1. The van der Waals surface area contributed by atoms with Crippen LogP contribution in [0.5, 0.6) is 5.75 Å². The van der Waals surface area contributed by atoms with Crippen LogP contribution in [-0.2, 0) is 24.6 Å². The third-order valence-electron chi connectivity index (χ3n) is 8.57. The molecule has 1 aromatic rings. The van der Waals surface area contributed by atoms with Crippen LogP contribution in [-0.4, -0.2) is 86.0 Å². The van der Waals surface area contributed by atoms with E-state index in [4.69, 9.17) is 5.73 Å². The van der Waals surface area contributed by atoms with Crippen molar-refractivity contribution in [2.24, 2.45) is 29.4 Å². The number of hydrogen-bond acceptors (Lipinski definition) is 11. The van der Waals surface area contributed by atoms with Crippen LogP contribution in [0.3, 0.4) is 0 Å². The molecule has 13 nitrogen and oxygen atoms in total. The first-order chi connectivity index (χ1) is 17.8. The molecular formula is C26H31N3O10. The topological polar surface area (TPSA) is 218 Å². The average Bonchev–Trinajstić information content (AvgIpc) is 2.79. The number of aliphatic hydroxyl groups is 2. The summed E-state index contributed by atoms with van der Waals surface area (Å²) in [6, 6.07) is -0.375. The zero-order chi connectivity index (χ0) is 29.7. The summed E-state index contributed by atoms with van der Waals surface area (Å²) in [7, 11) is 2.75. The normalized spacial score (nSPS) is 34.4. The van der Waals surface area contributed by atoms with Crippen molar-refractivity contribution < 1.29 is 44.2 Å². The molecule has 3 aliphatic carbocycles. The molecule has 3 aliphatic rings. The van der Waals surface area contributed by atoms with Gasteiger partial charge in [-0.25, -0.2) is 0 Å². The van der Waals surface area contributed by atoms with Gasteiger partial charge in [0.2, 0.25) is 5.91 Å². The van der Waals surface area contributed by atoms with Crippen LogP contribution < -0.4 is 5.73 Å². The van der Waals surface area contributed by atoms with Gasteiger partial charge in [0, 0.05) is 23.1 Å². The van der Waals surface area contributed by atoms with Gasteiger partial charge in [0.15, 0.2) is 34.7 Å². The van der Waals surface area contributed by atoms with Gasteiger partial charge in [-0.3, -0.25) is 39.0 Å². The number of nitro benzene ring substituents is 1. The van der Waals surface area contributed by atoms with Crippen molar-refractivity contribution in [2.75, 3.05) is 14.1 Å². The van der Waals surface area contributed by atoms with Crippen LogP contribution in [0, 0.1) is 33.8 Å². The number of Topliss-reactive ketones (excluding diaryl/α,β-unsaturated/α-hetero) is 4. The number of aromatic hydroxyl groups is 1. The van der Waals surface area contributed by atoms with E-state index < -0.39 is 104 Å². The van der Waals surface area contributed by atoms with Crippen LogP contribution in [0.25, 0.3) is 0 Å². The zero-order valence-corrected chi connectivity index (χ0v) is 22.3. The van der Waals surface area contributed by atoms with Gasteiger partial charge in [-0.1, -0.05) is 27.7 Å². The van der Waals surface area contributed by atoms with Crippen molar-refractivity contribution >= 4 is 34.7 Å². The number of benzene rings is 1. The van der Waals surface area contributed by atoms with Gasteiger partial charge in [-0.15, -0.1) is 0 Å². The van der Waals surface area contributed by atoms with E-state index in [0.29, 0.717) is 0 Å². The molecule has 2 saturated carbocycles. The lowest BCUT2D eigenvalue weighted by Crippen LogP contribution is -2.77. The zero-order valence-electron chi connectivity index (χ0n) is 22.3. The minimum absolute atomic E-state index is 0.0631. The predicted molar refractivity (Wildman–Crippen MR) is 133 cm³/mol. The molecule has 3 unspecified atom stereocenters. The summed E-state index contributed by atoms with van der Waals surface area (Å²) < 4.78 is 0. The minimum atomic E-state index is -3.14. The summed E-state index contributed by atoms with van der Waals surface area (Å²) in [5.74, 6) is -15.4. The van der Waals surface area contributed by atoms with E-state index in [9.17, 15) is 49.4 Å². The van der Waals surface area contributed by atoms with Crippen LogP contribution in [0.4, 0.5) is 5.69 Å². The summed E-state index contributed by atoms with van der Waals surface area (Å²) >= 11 is 0. The quantitative estimate of drug-likeness (QED) is 0.218. The number of rotatable bonds is 3. The lowest BCUT2D eigenvalue weighted by Gasteiger charge is -2.55. The maximum Gasteiger partial charge on any atom is 0.274 e. The third-order valence-corrected chi connectivity index (χ3v) is 8.57. The molecule has 0 bridgehead atoms. The van der Waals surface area contributed by atoms with Gasteiger partial charge >= 0.3 is 0 Å². The Kier molecular flexibility index (Phi) is 6.37. The highest BCUT2D eigenvalue weighted by atomic mass is 16.6. The number of phenolic OH excluding ortho intramolecular Hbond substituents is 1. The van der Waals surface area contributed by atoms with E-state index in [2.05, 4.69) is 0 Å². The largest absolute Gasteiger partial charge is 0.507 e. The lowest BCUT2D eigenvalue weighted by atomic mass is 9.49. The van der Waals surface area contributed by atoms with Crippen molar-refractivity contribution in [2.45, 2.75) is 56.8 Å². The van der Waals surface area contributed by atoms with E-state index in [0.717, 1.165) is 6.07 Å². The molecule has 4 rings (SSSR count). The Morgan fingerprint density at radius 3 is 2.18 bits per heavy atom. The second-order valence-corrected chi connectivity index (χ2v) is 12.0. The predicted octanol–water partition coefficient (Wildman–Crippen LogP) is -0.395. The SMILES string of the molecule is C[C@H]1c2c([N+](=O)[O-])cc(C(C)(C)C)c(O)c2C(=O)C2C(=O)[C@]3(O)C(=O)C(C(N)=O)C(=O)C(N(C)C)[C@@H]3[C@@H](O)[C@@H]21. The summed E-state index contributed by atoms with van der Waals surface area (Å²) in [6.07, 6.45) is -1.87. The van der Waals surface area contributed by atoms with Gasteiger partial charge in [-0.2, -0.15) is 0 Å². The van der Waals surface area contributed by atoms with Crippen molar-refractivity contribution in [3.63, 3.8) is 0 Å². The van der Waals surface area contributed by atoms with Crippen LogP contribution in [0.1, 0.15) is 55.1 Å². The van der Waals surface area contributed by atoms with Gasteiger partial charge in [-0.05, 0) is 25.4 Å². The smallest absolute Gasteiger partial charge is 0.274 e. The van der Waals surface area contributed by atoms with Crippen molar-refractivity contribution in [3.05, 3.63) is 32.9 Å². The van der Waals surface area contributed by atoms with Crippen molar-refractivity contribution in [3.8, 4) is 5.75 Å². The molecule has 1 amide bonds. The Morgan fingerprint density at radius 2 is 1.72 bits per heavy atom. The van der Waals surface area contributed by atoms with Gasteiger partial charge in [0.05, 0.1) is 34.5 Å². The number of primary amides is 1. The molecule has 8 atom stereocenters. The Bertz CT molecular complexity index is 1360. The fourth-order valence-corrected chi connectivity index (χ4v) is 6.84. The highest BCUT2D eigenvalue weighted by Crippen LogP contribution is 2.57. The summed E-state index contributed by atoms with van der Waals surface area (Å²) in [5, 5.41) is 46.6. The second-order valence-electron chi connectivity index (χ2n) is 12.0. The highest BCUT2D eigenvalue weighted by Gasteiger charge is 2.73. The van der Waals surface area contributed by atoms with E-state index in [1.54, 1.807) is 20.8 Å². The van der Waals surface area contributed by atoms with Crippen LogP contribution in [0.15, 0.2) is 6.07 Å². The van der Waals surface area contributed by atoms with Gasteiger partial charge < -0.3 is 21.1 Å². The molecule has 0 aromatic heterocycles. The molecule has 210 valence electrons. The molecule has 5 N–H and O–H groups in total. The van der Waals surface area contributed by atoms with Crippen molar-refractivity contribution in [1.82, 2.24) is 4.90 Å². The lowest BCUT2D eigenvalue weighted by molar-refractivity contribution is -0.386. The second kappa shape index (κ2) is 8.73. The number of carbonyl (C=O) groups excluding carboxylic acids is 5. The number of fused-ring (bicyclic) bond motifs is 3. The molecule has 0 aliphatic heterocycles. The molecule has 13 heteroatoms. The van der Waals surface area contributed by atoms with E-state index >= 15 is 0 Å². The molecular weight excluding hydrogens is 514 g/mol. The Hall–Kier alpha value is -3.55. The molecule has 0 radical (unpaired) electrons. The van der Waals surface area contributed by atoms with Gasteiger partial charge in [0.25, 0.3) is 5.69 Å². The Labute approximate surface area is 223 Å². The first kappa shape index (κ1) is 28.5. The molecule has 0 saturated heterocycles. The Balaban J connectivity index is 2.04. The number of nitro groups is 1. The number of amides is 1. The first-order valence-corrected chi connectivity index (χ1v) is 12.4. The highest BCUT2D eigenvalue weighted by molar-refractivity contribution is 6.32. The van der Waals surface area contributed by atoms with E-state index in [1.165, 1.54) is 25.9 Å². The summed E-state index contributed by atoms with van der Waals surface area (Å²) in [5.41, 5.74) is 0.155. The number of aliphatic hydroxyl groups excluding tert-OH is 1. The number of phenols is 1. The molecule has 2 fully saturated rings. The fraction of sp³-hybridized carbons (Fsp3) is 0.577. The molecule has 0 spiro atoms. The number of hydrogen-bond donors (Lipinski definition) is 4. The molecule has 1 aromatic carbocycles. The monoisotopic (exact) mass is 545 g/mol. The summed E-state index contributed by atoms with van der Waals surface area (Å²) in [6.45, 7) is 6.40.